The minimum absolute atomic E-state index is 0.901. The highest BCUT2D eigenvalue weighted by atomic mass is 14.2. The van der Waals surface area contributed by atoms with Crippen LogP contribution in [0.25, 0.3) is 0 Å². The van der Waals surface area contributed by atoms with Gasteiger partial charge in [-0.05, 0) is 18.3 Å². The summed E-state index contributed by atoms with van der Waals surface area (Å²) < 4.78 is 0. The maximum absolute atomic E-state index is 2.83. The zero-order chi connectivity index (χ0) is 18.6. The van der Waals surface area contributed by atoms with Crippen molar-refractivity contribution >= 4 is 0 Å². The van der Waals surface area contributed by atoms with Crippen molar-refractivity contribution in [1.29, 1.82) is 0 Å². The summed E-state index contributed by atoms with van der Waals surface area (Å²) in [5, 5.41) is 0. The molecule has 0 saturated carbocycles. The maximum Gasteiger partial charge on any atom is -0.0324 e. The fourth-order valence-electron chi connectivity index (χ4n) is 4.02. The van der Waals surface area contributed by atoms with Crippen LogP contribution < -0.4 is 0 Å². The summed E-state index contributed by atoms with van der Waals surface area (Å²) in [4.78, 5) is 0. The topological polar surface area (TPSA) is 0 Å². The van der Waals surface area contributed by atoms with Crippen LogP contribution in [0.1, 0.15) is 143 Å². The van der Waals surface area contributed by atoms with Gasteiger partial charge in [0.05, 0.1) is 0 Å². The molecule has 0 fully saturated rings. The lowest BCUT2D eigenvalue weighted by molar-refractivity contribution is 0.370. The first-order valence-corrected chi connectivity index (χ1v) is 12.1. The molecule has 0 aromatic rings. The summed E-state index contributed by atoms with van der Waals surface area (Å²) in [7, 11) is 0. The molecule has 0 aromatic carbocycles. The lowest BCUT2D eigenvalue weighted by Crippen LogP contribution is -2.11. The number of rotatable bonds is 20. The van der Waals surface area contributed by atoms with Crippen LogP contribution in [0, 0.1) is 18.3 Å². The van der Waals surface area contributed by atoms with Crippen molar-refractivity contribution in [3.8, 4) is 0 Å². The molecule has 0 saturated heterocycles. The smallest absolute Gasteiger partial charge is 0.0324 e. The third-order valence-corrected chi connectivity index (χ3v) is 5.76. The molecule has 0 bridgehead atoms. The van der Waals surface area contributed by atoms with Crippen molar-refractivity contribution in [2.24, 2.45) is 11.8 Å². The molecule has 0 rings (SSSR count). The van der Waals surface area contributed by atoms with Crippen molar-refractivity contribution in [1.82, 2.24) is 0 Å². The molecule has 0 aliphatic heterocycles. The van der Waals surface area contributed by atoms with Crippen LogP contribution in [-0.4, -0.2) is 0 Å². The summed E-state index contributed by atoms with van der Waals surface area (Å²) >= 11 is 0. The third kappa shape index (κ3) is 17.2. The van der Waals surface area contributed by atoms with Gasteiger partial charge in [-0.3, -0.25) is 0 Å². The quantitative estimate of drug-likeness (QED) is 0.191. The van der Waals surface area contributed by atoms with Gasteiger partial charge in [-0.15, -0.1) is 0 Å². The molecule has 0 aliphatic rings. The Morgan fingerprint density at radius 3 is 1.20 bits per heavy atom. The molecule has 0 heterocycles. The Morgan fingerprint density at radius 1 is 0.400 bits per heavy atom. The van der Waals surface area contributed by atoms with Gasteiger partial charge in [0.25, 0.3) is 0 Å². The molecular formula is C25H51. The van der Waals surface area contributed by atoms with Gasteiger partial charge in [0.2, 0.25) is 0 Å². The van der Waals surface area contributed by atoms with Gasteiger partial charge in [-0.2, -0.15) is 0 Å². The lowest BCUT2D eigenvalue weighted by Gasteiger charge is -2.24. The van der Waals surface area contributed by atoms with E-state index in [2.05, 4.69) is 34.1 Å². The van der Waals surface area contributed by atoms with Crippen LogP contribution >= 0.6 is 0 Å². The third-order valence-electron chi connectivity index (χ3n) is 5.76. The van der Waals surface area contributed by atoms with Crippen molar-refractivity contribution in [3.05, 3.63) is 6.42 Å². The van der Waals surface area contributed by atoms with Gasteiger partial charge in [-0.25, -0.2) is 0 Å². The van der Waals surface area contributed by atoms with E-state index in [0.29, 0.717) is 0 Å². The van der Waals surface area contributed by atoms with Gasteiger partial charge in [-0.1, -0.05) is 143 Å². The summed E-state index contributed by atoms with van der Waals surface area (Å²) in [6.45, 7) is 9.32. The first kappa shape index (κ1) is 25.0. The summed E-state index contributed by atoms with van der Waals surface area (Å²) in [6, 6.07) is 0. The minimum atomic E-state index is 0.901. The average Bonchev–Trinajstić information content (AvgIpc) is 2.62. The SMILES string of the molecule is CCCCCCCCC([CH]C(CCCC)CCCCC)CCCCC. The molecular weight excluding hydrogens is 300 g/mol. The van der Waals surface area contributed by atoms with Gasteiger partial charge in [0.1, 0.15) is 0 Å². The van der Waals surface area contributed by atoms with E-state index >= 15 is 0 Å². The molecule has 0 amide bonds. The summed E-state index contributed by atoms with van der Waals surface area (Å²) in [5.41, 5.74) is 0. The van der Waals surface area contributed by atoms with Crippen LogP contribution in [0.3, 0.4) is 0 Å². The number of hydrogen-bond donors (Lipinski definition) is 0. The Labute approximate surface area is 161 Å². The highest BCUT2D eigenvalue weighted by Gasteiger charge is 2.16. The summed E-state index contributed by atoms with van der Waals surface area (Å²) in [6.07, 6.45) is 28.5. The first-order chi connectivity index (χ1) is 12.3. The molecule has 0 aromatic heterocycles. The van der Waals surface area contributed by atoms with Crippen LogP contribution in [0.2, 0.25) is 0 Å². The van der Waals surface area contributed by atoms with Gasteiger partial charge < -0.3 is 0 Å². The standard InChI is InChI=1S/C25H51/c1-5-9-13-14-15-18-22-25(21-17-11-7-3)23-24(19-12-8-4)20-16-10-6-2/h23-25H,5-22H2,1-4H3. The normalized spacial score (nSPS) is 13.9. The Bertz CT molecular complexity index is 232. The van der Waals surface area contributed by atoms with Crippen molar-refractivity contribution < 1.29 is 0 Å². The Balaban J connectivity index is 4.25. The zero-order valence-electron chi connectivity index (χ0n) is 18.5. The van der Waals surface area contributed by atoms with E-state index in [1.807, 2.05) is 0 Å². The predicted molar refractivity (Wildman–Crippen MR) is 117 cm³/mol. The average molecular weight is 352 g/mol. The number of hydrogen-bond acceptors (Lipinski definition) is 0. The second kappa shape index (κ2) is 20.3. The largest absolute Gasteiger partial charge is 0.0654 e. The molecule has 0 spiro atoms. The molecule has 25 heavy (non-hydrogen) atoms. The van der Waals surface area contributed by atoms with Crippen molar-refractivity contribution in [3.63, 3.8) is 0 Å². The van der Waals surface area contributed by atoms with E-state index < -0.39 is 0 Å². The molecule has 151 valence electrons. The van der Waals surface area contributed by atoms with Gasteiger partial charge in [0, 0.05) is 0 Å². The van der Waals surface area contributed by atoms with Crippen molar-refractivity contribution in [2.45, 2.75) is 143 Å². The fourth-order valence-corrected chi connectivity index (χ4v) is 4.02. The Hall–Kier alpha value is 0. The van der Waals surface area contributed by atoms with E-state index in [-0.39, 0.29) is 0 Å². The molecule has 1 radical (unpaired) electrons. The van der Waals surface area contributed by atoms with Gasteiger partial charge in [0.15, 0.2) is 0 Å². The minimum Gasteiger partial charge on any atom is -0.0654 e. The van der Waals surface area contributed by atoms with E-state index in [0.717, 1.165) is 11.8 Å². The second-order valence-corrected chi connectivity index (χ2v) is 8.40. The monoisotopic (exact) mass is 351 g/mol. The van der Waals surface area contributed by atoms with E-state index in [4.69, 9.17) is 0 Å². The van der Waals surface area contributed by atoms with Gasteiger partial charge >= 0.3 is 0 Å². The highest BCUT2D eigenvalue weighted by Crippen LogP contribution is 2.29. The zero-order valence-corrected chi connectivity index (χ0v) is 18.5. The molecule has 2 atom stereocenters. The maximum atomic E-state index is 2.83. The summed E-state index contributed by atoms with van der Waals surface area (Å²) in [5.74, 6) is 1.81. The Kier molecular flexibility index (Phi) is 20.3. The van der Waals surface area contributed by atoms with Crippen LogP contribution in [0.4, 0.5) is 0 Å². The molecule has 0 nitrogen and oxygen atoms in total. The van der Waals surface area contributed by atoms with Crippen LogP contribution in [0.15, 0.2) is 0 Å². The van der Waals surface area contributed by atoms with E-state index in [9.17, 15) is 0 Å². The van der Waals surface area contributed by atoms with E-state index in [1.165, 1.54) is 116 Å². The molecule has 0 N–H and O–H groups in total. The first-order valence-electron chi connectivity index (χ1n) is 12.1. The molecule has 2 unspecified atom stereocenters. The Morgan fingerprint density at radius 2 is 0.720 bits per heavy atom. The molecule has 0 aliphatic carbocycles. The van der Waals surface area contributed by atoms with Crippen LogP contribution in [0.5, 0.6) is 0 Å². The highest BCUT2D eigenvalue weighted by molar-refractivity contribution is 4.84. The second-order valence-electron chi connectivity index (χ2n) is 8.40. The fraction of sp³-hybridized carbons (Fsp3) is 0.960. The lowest BCUT2D eigenvalue weighted by atomic mass is 9.82. The number of unbranched alkanes of at least 4 members (excludes halogenated alkanes) is 10. The predicted octanol–water partition coefficient (Wildman–Crippen LogP) is 9.52. The van der Waals surface area contributed by atoms with Crippen LogP contribution in [-0.2, 0) is 0 Å². The van der Waals surface area contributed by atoms with E-state index in [1.54, 1.807) is 0 Å². The van der Waals surface area contributed by atoms with Crippen molar-refractivity contribution in [2.75, 3.05) is 0 Å². The molecule has 0 heteroatoms.